The van der Waals surface area contributed by atoms with E-state index in [0.717, 1.165) is 0 Å². The van der Waals surface area contributed by atoms with Crippen LogP contribution >= 0.6 is 0 Å². The van der Waals surface area contributed by atoms with Gasteiger partial charge in [-0.15, -0.1) is 0 Å². The SMILES string of the molecule is CCC(=O)N1C[C@@H]2C[C@H]1[C@H]1C(=O)N(c3cnc(C#N)c4ccccc34)C(=O)N21. The monoisotopic (exact) mass is 375 g/mol. The number of nitriles is 1. The van der Waals surface area contributed by atoms with Crippen LogP contribution in [0.15, 0.2) is 30.5 Å². The zero-order valence-corrected chi connectivity index (χ0v) is 15.2. The molecular formula is C20H17N5O3. The van der Waals surface area contributed by atoms with Gasteiger partial charge < -0.3 is 9.80 Å². The van der Waals surface area contributed by atoms with Crippen LogP contribution in [-0.2, 0) is 9.59 Å². The molecular weight excluding hydrogens is 358 g/mol. The van der Waals surface area contributed by atoms with Crippen LogP contribution < -0.4 is 4.90 Å². The largest absolute Gasteiger partial charge is 0.335 e. The number of carbonyl (C=O) groups excluding carboxylic acids is 3. The number of benzene rings is 1. The number of nitrogens with zero attached hydrogens (tertiary/aromatic N) is 5. The van der Waals surface area contributed by atoms with Crippen LogP contribution in [0, 0.1) is 11.3 Å². The Morgan fingerprint density at radius 2 is 2.04 bits per heavy atom. The summed E-state index contributed by atoms with van der Waals surface area (Å²) in [7, 11) is 0. The second-order valence-corrected chi connectivity index (χ2v) is 7.31. The highest BCUT2D eigenvalue weighted by Gasteiger charge is 2.62. The molecule has 2 bridgehead atoms. The highest BCUT2D eigenvalue weighted by molar-refractivity contribution is 6.25. The Bertz CT molecular complexity index is 1090. The number of hydrogen-bond donors (Lipinski definition) is 0. The number of anilines is 1. The van der Waals surface area contributed by atoms with E-state index in [0.29, 0.717) is 35.8 Å². The molecule has 3 fully saturated rings. The number of fused-ring (bicyclic) bond motifs is 6. The molecule has 8 nitrogen and oxygen atoms in total. The molecule has 1 aromatic carbocycles. The van der Waals surface area contributed by atoms with E-state index < -0.39 is 6.04 Å². The average molecular weight is 375 g/mol. The Balaban J connectivity index is 1.59. The first-order valence-corrected chi connectivity index (χ1v) is 9.30. The number of piperazine rings is 1. The van der Waals surface area contributed by atoms with Crippen molar-refractivity contribution in [3.8, 4) is 6.07 Å². The predicted molar refractivity (Wildman–Crippen MR) is 99.2 cm³/mol. The van der Waals surface area contributed by atoms with Gasteiger partial charge in [-0.2, -0.15) is 5.26 Å². The quantitative estimate of drug-likeness (QED) is 0.743. The number of hydrogen-bond acceptors (Lipinski definition) is 5. The van der Waals surface area contributed by atoms with E-state index in [4.69, 9.17) is 0 Å². The number of imide groups is 1. The summed E-state index contributed by atoms with van der Waals surface area (Å²) in [5.41, 5.74) is 0.630. The van der Waals surface area contributed by atoms with Crippen molar-refractivity contribution in [2.24, 2.45) is 0 Å². The molecule has 0 unspecified atom stereocenters. The van der Waals surface area contributed by atoms with Gasteiger partial charge >= 0.3 is 6.03 Å². The van der Waals surface area contributed by atoms with E-state index in [-0.39, 0.29) is 35.6 Å². The molecule has 0 aliphatic carbocycles. The van der Waals surface area contributed by atoms with E-state index in [1.807, 2.05) is 6.07 Å². The highest BCUT2D eigenvalue weighted by atomic mass is 16.2. The molecule has 4 heterocycles. The van der Waals surface area contributed by atoms with Crippen molar-refractivity contribution in [2.45, 2.75) is 37.9 Å². The van der Waals surface area contributed by atoms with Gasteiger partial charge in [0.25, 0.3) is 5.91 Å². The van der Waals surface area contributed by atoms with Crippen molar-refractivity contribution >= 4 is 34.3 Å². The molecule has 3 atom stereocenters. The molecule has 3 saturated heterocycles. The Kier molecular flexibility index (Phi) is 3.43. The highest BCUT2D eigenvalue weighted by Crippen LogP contribution is 2.43. The molecule has 0 saturated carbocycles. The lowest BCUT2D eigenvalue weighted by Gasteiger charge is -2.34. The van der Waals surface area contributed by atoms with Gasteiger partial charge in [0.1, 0.15) is 17.8 Å². The van der Waals surface area contributed by atoms with E-state index in [1.165, 1.54) is 11.1 Å². The van der Waals surface area contributed by atoms with Crippen LogP contribution in [0.3, 0.4) is 0 Å². The smallest absolute Gasteiger partial charge is 0.332 e. The van der Waals surface area contributed by atoms with Gasteiger partial charge in [-0.1, -0.05) is 31.2 Å². The first-order valence-electron chi connectivity index (χ1n) is 9.30. The molecule has 28 heavy (non-hydrogen) atoms. The number of likely N-dealkylation sites (tertiary alicyclic amines) is 1. The van der Waals surface area contributed by atoms with Gasteiger partial charge in [0, 0.05) is 23.7 Å². The summed E-state index contributed by atoms with van der Waals surface area (Å²) < 4.78 is 0. The summed E-state index contributed by atoms with van der Waals surface area (Å²) in [6.07, 6.45) is 2.44. The number of carbonyl (C=O) groups is 3. The van der Waals surface area contributed by atoms with Crippen molar-refractivity contribution in [3.05, 3.63) is 36.2 Å². The molecule has 1 aromatic heterocycles. The lowest BCUT2D eigenvalue weighted by Crippen LogP contribution is -2.54. The van der Waals surface area contributed by atoms with Gasteiger partial charge in [-0.3, -0.25) is 9.59 Å². The molecule has 8 heteroatoms. The van der Waals surface area contributed by atoms with Gasteiger partial charge in [0.15, 0.2) is 0 Å². The van der Waals surface area contributed by atoms with Gasteiger partial charge in [-0.05, 0) is 6.42 Å². The maximum absolute atomic E-state index is 13.3. The molecule has 3 aliphatic rings. The fraction of sp³-hybridized carbons (Fsp3) is 0.350. The third-order valence-electron chi connectivity index (χ3n) is 6.01. The van der Waals surface area contributed by atoms with Crippen LogP contribution in [0.2, 0.25) is 0 Å². The minimum Gasteiger partial charge on any atom is -0.335 e. The predicted octanol–water partition coefficient (Wildman–Crippen LogP) is 1.64. The molecule has 0 spiro atoms. The molecule has 0 N–H and O–H groups in total. The summed E-state index contributed by atoms with van der Waals surface area (Å²) >= 11 is 0. The zero-order valence-electron chi connectivity index (χ0n) is 15.2. The lowest BCUT2D eigenvalue weighted by molar-refractivity contribution is -0.135. The summed E-state index contributed by atoms with van der Waals surface area (Å²) in [4.78, 5) is 47.4. The maximum Gasteiger partial charge on any atom is 0.332 e. The van der Waals surface area contributed by atoms with Crippen LogP contribution in [0.25, 0.3) is 10.8 Å². The van der Waals surface area contributed by atoms with Gasteiger partial charge in [0.2, 0.25) is 5.91 Å². The van der Waals surface area contributed by atoms with E-state index in [2.05, 4.69) is 4.98 Å². The maximum atomic E-state index is 13.3. The molecule has 140 valence electrons. The van der Waals surface area contributed by atoms with Crippen LogP contribution in [0.1, 0.15) is 25.5 Å². The summed E-state index contributed by atoms with van der Waals surface area (Å²) in [6.45, 7) is 2.28. The van der Waals surface area contributed by atoms with Crippen LogP contribution in [-0.4, -0.2) is 57.3 Å². The Morgan fingerprint density at radius 3 is 2.75 bits per heavy atom. The Hall–Kier alpha value is -3.47. The molecule has 5 rings (SSSR count). The summed E-state index contributed by atoms with van der Waals surface area (Å²) in [5.74, 6) is -0.320. The van der Waals surface area contributed by atoms with E-state index in [9.17, 15) is 19.6 Å². The second-order valence-electron chi connectivity index (χ2n) is 7.31. The van der Waals surface area contributed by atoms with Crippen molar-refractivity contribution in [2.75, 3.05) is 11.4 Å². The van der Waals surface area contributed by atoms with Crippen molar-refractivity contribution in [3.63, 3.8) is 0 Å². The normalized spacial score (nSPS) is 25.6. The number of aromatic nitrogens is 1. The minimum absolute atomic E-state index is 0.0105. The van der Waals surface area contributed by atoms with Gasteiger partial charge in [-0.25, -0.2) is 14.7 Å². The second kappa shape index (κ2) is 5.76. The lowest BCUT2D eigenvalue weighted by atomic mass is 10.1. The minimum atomic E-state index is -0.642. The summed E-state index contributed by atoms with van der Waals surface area (Å²) in [5, 5.41) is 10.5. The van der Waals surface area contributed by atoms with Crippen LogP contribution in [0.5, 0.6) is 0 Å². The number of urea groups is 1. The Morgan fingerprint density at radius 1 is 1.29 bits per heavy atom. The topological polar surface area (TPSA) is 97.6 Å². The third kappa shape index (κ3) is 1.99. The number of pyridine rings is 1. The average Bonchev–Trinajstić information content (AvgIpc) is 3.38. The molecule has 0 radical (unpaired) electrons. The fourth-order valence-corrected chi connectivity index (χ4v) is 4.81. The van der Waals surface area contributed by atoms with E-state index in [1.54, 1.807) is 41.0 Å². The van der Waals surface area contributed by atoms with E-state index >= 15 is 0 Å². The van der Waals surface area contributed by atoms with Crippen LogP contribution in [0.4, 0.5) is 10.5 Å². The van der Waals surface area contributed by atoms with Gasteiger partial charge in [0.05, 0.1) is 24.0 Å². The Labute approximate surface area is 160 Å². The first kappa shape index (κ1) is 16.7. The zero-order chi connectivity index (χ0) is 19.6. The third-order valence-corrected chi connectivity index (χ3v) is 6.01. The number of rotatable bonds is 2. The molecule has 3 aliphatic heterocycles. The standard InChI is InChI=1S/C20H17N5O3/c1-2-17(26)23-10-11-7-15(23)18-19(27)25(20(28)24(11)18)16-9-22-14(8-21)12-5-3-4-6-13(12)16/h3-6,9,11,15,18H,2,7,10H2,1H3/t11-,15-,18-/m0/s1. The molecule has 4 amide bonds. The number of amides is 4. The van der Waals surface area contributed by atoms with Crippen molar-refractivity contribution < 1.29 is 14.4 Å². The molecule has 2 aromatic rings. The van der Waals surface area contributed by atoms with Crippen molar-refractivity contribution in [1.29, 1.82) is 5.26 Å². The first-order chi connectivity index (χ1) is 13.6. The van der Waals surface area contributed by atoms with Crippen molar-refractivity contribution in [1.82, 2.24) is 14.8 Å². The summed E-state index contributed by atoms with van der Waals surface area (Å²) in [6, 6.07) is 7.74. The fourth-order valence-electron chi connectivity index (χ4n) is 4.81.